The Hall–Kier alpha value is -1.58. The van der Waals surface area contributed by atoms with Gasteiger partial charge in [-0.1, -0.05) is 0 Å². The van der Waals surface area contributed by atoms with E-state index >= 15 is 0 Å². The summed E-state index contributed by atoms with van der Waals surface area (Å²) in [6.45, 7) is 0. The molecule has 0 N–H and O–H groups in total. The smallest absolute Gasteiger partial charge is 0.190 e. The normalized spacial score (nSPS) is 10.7. The first-order valence-electron chi connectivity index (χ1n) is 3.88. The van der Waals surface area contributed by atoms with E-state index in [9.17, 15) is 4.39 Å². The van der Waals surface area contributed by atoms with E-state index in [1.54, 1.807) is 25.4 Å². The fourth-order valence-corrected chi connectivity index (χ4v) is 1.36. The van der Waals surface area contributed by atoms with E-state index < -0.39 is 0 Å². The molecule has 2 aromatic rings. The van der Waals surface area contributed by atoms with Gasteiger partial charge in [0.05, 0.1) is 13.3 Å². The third-order valence-corrected chi connectivity index (χ3v) is 2.03. The molecule has 1 heterocycles. The van der Waals surface area contributed by atoms with E-state index in [1.165, 1.54) is 11.8 Å². The molecule has 0 aliphatic heterocycles. The molecule has 0 unspecified atom stereocenters. The summed E-state index contributed by atoms with van der Waals surface area (Å²) in [7, 11) is 3.14. The first-order chi connectivity index (χ1) is 6.24. The molecule has 1 aromatic heterocycles. The average Bonchev–Trinajstić information content (AvgIpc) is 2.49. The number of rotatable bonds is 1. The number of benzene rings is 1. The Morgan fingerprint density at radius 1 is 1.46 bits per heavy atom. The number of hydrogen-bond acceptors (Lipinski definition) is 2. The standard InChI is InChI=1S/C9H9FN2O/c1-12-9-6(5-11-12)3-4-7(13-2)8(9)10/h3-5H,1-2H3. The SMILES string of the molecule is COc1ccc2cnn(C)c2c1F. The van der Waals surface area contributed by atoms with Crippen molar-refractivity contribution in [2.45, 2.75) is 0 Å². The van der Waals surface area contributed by atoms with Crippen molar-refractivity contribution in [3.05, 3.63) is 24.1 Å². The maximum Gasteiger partial charge on any atom is 0.190 e. The Labute approximate surface area is 74.7 Å². The first kappa shape index (κ1) is 8.04. The van der Waals surface area contributed by atoms with Gasteiger partial charge in [0.2, 0.25) is 0 Å². The van der Waals surface area contributed by atoms with Gasteiger partial charge in [0.25, 0.3) is 0 Å². The Balaban J connectivity index is 2.83. The summed E-state index contributed by atoms with van der Waals surface area (Å²) in [6.07, 6.45) is 1.62. The van der Waals surface area contributed by atoms with Crippen molar-refractivity contribution in [1.82, 2.24) is 9.78 Å². The zero-order valence-corrected chi connectivity index (χ0v) is 7.41. The molecule has 0 spiro atoms. The minimum Gasteiger partial charge on any atom is -0.494 e. The minimum absolute atomic E-state index is 0.246. The fraction of sp³-hybridized carbons (Fsp3) is 0.222. The Bertz CT molecular complexity index is 450. The number of aryl methyl sites for hydroxylation is 1. The second kappa shape index (κ2) is 2.73. The Morgan fingerprint density at radius 3 is 2.92 bits per heavy atom. The van der Waals surface area contributed by atoms with E-state index in [4.69, 9.17) is 4.74 Å². The zero-order chi connectivity index (χ0) is 9.42. The van der Waals surface area contributed by atoms with E-state index in [1.807, 2.05) is 0 Å². The molecular formula is C9H9FN2O. The summed E-state index contributed by atoms with van der Waals surface area (Å²) in [5.41, 5.74) is 0.472. The second-order valence-corrected chi connectivity index (χ2v) is 2.79. The molecule has 0 atom stereocenters. The fourth-order valence-electron chi connectivity index (χ4n) is 1.36. The molecule has 0 aliphatic rings. The molecular weight excluding hydrogens is 171 g/mol. The third-order valence-electron chi connectivity index (χ3n) is 2.03. The lowest BCUT2D eigenvalue weighted by Crippen LogP contribution is -1.94. The van der Waals surface area contributed by atoms with Crippen LogP contribution in [-0.4, -0.2) is 16.9 Å². The van der Waals surface area contributed by atoms with Gasteiger partial charge >= 0.3 is 0 Å². The van der Waals surface area contributed by atoms with Crippen LogP contribution in [0.15, 0.2) is 18.3 Å². The molecule has 2 rings (SSSR count). The van der Waals surface area contributed by atoms with Crippen LogP contribution in [0.2, 0.25) is 0 Å². The number of ether oxygens (including phenoxy) is 1. The second-order valence-electron chi connectivity index (χ2n) is 2.79. The van der Waals surface area contributed by atoms with Crippen LogP contribution in [0, 0.1) is 5.82 Å². The number of halogens is 1. The first-order valence-corrected chi connectivity index (χ1v) is 3.88. The van der Waals surface area contributed by atoms with Crippen molar-refractivity contribution in [2.24, 2.45) is 7.05 Å². The van der Waals surface area contributed by atoms with Gasteiger partial charge in [0.15, 0.2) is 11.6 Å². The van der Waals surface area contributed by atoms with Crippen LogP contribution in [0.5, 0.6) is 5.75 Å². The molecule has 13 heavy (non-hydrogen) atoms. The van der Waals surface area contributed by atoms with E-state index in [0.29, 0.717) is 5.52 Å². The summed E-state index contributed by atoms with van der Waals surface area (Å²) in [6, 6.07) is 3.38. The summed E-state index contributed by atoms with van der Waals surface area (Å²) >= 11 is 0. The van der Waals surface area contributed by atoms with Gasteiger partial charge in [-0.15, -0.1) is 0 Å². The van der Waals surface area contributed by atoms with Crippen molar-refractivity contribution in [3.63, 3.8) is 0 Å². The van der Waals surface area contributed by atoms with Crippen molar-refractivity contribution < 1.29 is 9.13 Å². The Kier molecular flexibility index (Phi) is 1.69. The average molecular weight is 180 g/mol. The van der Waals surface area contributed by atoms with E-state index in [0.717, 1.165) is 5.39 Å². The lowest BCUT2D eigenvalue weighted by Gasteiger charge is -2.02. The molecule has 68 valence electrons. The highest BCUT2D eigenvalue weighted by atomic mass is 19.1. The van der Waals surface area contributed by atoms with Gasteiger partial charge in [0, 0.05) is 12.4 Å². The largest absolute Gasteiger partial charge is 0.494 e. The van der Waals surface area contributed by atoms with Crippen molar-refractivity contribution in [2.75, 3.05) is 7.11 Å². The molecule has 0 saturated heterocycles. The molecule has 0 amide bonds. The Morgan fingerprint density at radius 2 is 2.23 bits per heavy atom. The van der Waals surface area contributed by atoms with Crippen molar-refractivity contribution >= 4 is 10.9 Å². The molecule has 0 bridgehead atoms. The van der Waals surface area contributed by atoms with Gasteiger partial charge in [0.1, 0.15) is 5.52 Å². The predicted octanol–water partition coefficient (Wildman–Crippen LogP) is 1.72. The van der Waals surface area contributed by atoms with Gasteiger partial charge in [-0.25, -0.2) is 4.39 Å². The maximum absolute atomic E-state index is 13.6. The number of methoxy groups -OCH3 is 1. The van der Waals surface area contributed by atoms with E-state index in [2.05, 4.69) is 5.10 Å². The van der Waals surface area contributed by atoms with Gasteiger partial charge < -0.3 is 4.74 Å². The molecule has 4 heteroatoms. The number of hydrogen-bond donors (Lipinski definition) is 0. The van der Waals surface area contributed by atoms with Crippen LogP contribution in [0.1, 0.15) is 0 Å². The van der Waals surface area contributed by atoms with Crippen molar-refractivity contribution in [3.8, 4) is 5.75 Å². The van der Waals surface area contributed by atoms with Crippen molar-refractivity contribution in [1.29, 1.82) is 0 Å². The molecule has 0 saturated carbocycles. The minimum atomic E-state index is -0.361. The van der Waals surface area contributed by atoms with Crippen LogP contribution in [0.25, 0.3) is 10.9 Å². The zero-order valence-electron chi connectivity index (χ0n) is 7.41. The highest BCUT2D eigenvalue weighted by Crippen LogP contribution is 2.25. The summed E-state index contributed by atoms with van der Waals surface area (Å²) < 4.78 is 19.9. The summed E-state index contributed by atoms with van der Waals surface area (Å²) in [4.78, 5) is 0. The van der Waals surface area contributed by atoms with Crippen LogP contribution < -0.4 is 4.74 Å². The third kappa shape index (κ3) is 1.06. The highest BCUT2D eigenvalue weighted by molar-refractivity contribution is 5.80. The van der Waals surface area contributed by atoms with Crippen LogP contribution in [-0.2, 0) is 7.05 Å². The van der Waals surface area contributed by atoms with Crippen LogP contribution in [0.4, 0.5) is 4.39 Å². The summed E-state index contributed by atoms with van der Waals surface area (Å²) in [5, 5.41) is 4.73. The molecule has 0 radical (unpaired) electrons. The molecule has 0 fully saturated rings. The number of fused-ring (bicyclic) bond motifs is 1. The quantitative estimate of drug-likeness (QED) is 0.668. The number of aromatic nitrogens is 2. The highest BCUT2D eigenvalue weighted by Gasteiger charge is 2.10. The molecule has 1 aromatic carbocycles. The van der Waals surface area contributed by atoms with Crippen LogP contribution in [0.3, 0.4) is 0 Å². The van der Waals surface area contributed by atoms with Gasteiger partial charge in [-0.05, 0) is 12.1 Å². The lowest BCUT2D eigenvalue weighted by atomic mass is 10.2. The molecule has 0 aliphatic carbocycles. The predicted molar refractivity (Wildman–Crippen MR) is 47.2 cm³/mol. The number of nitrogens with zero attached hydrogens (tertiary/aromatic N) is 2. The van der Waals surface area contributed by atoms with Gasteiger partial charge in [-0.2, -0.15) is 5.10 Å². The topological polar surface area (TPSA) is 27.1 Å². The molecule has 3 nitrogen and oxygen atoms in total. The van der Waals surface area contributed by atoms with E-state index in [-0.39, 0.29) is 11.6 Å². The lowest BCUT2D eigenvalue weighted by molar-refractivity contribution is 0.388. The van der Waals surface area contributed by atoms with Crippen LogP contribution >= 0.6 is 0 Å². The summed E-state index contributed by atoms with van der Waals surface area (Å²) in [5.74, 6) is -0.115. The monoisotopic (exact) mass is 180 g/mol. The van der Waals surface area contributed by atoms with Gasteiger partial charge in [-0.3, -0.25) is 4.68 Å². The maximum atomic E-state index is 13.6.